The van der Waals surface area contributed by atoms with Crippen LogP contribution in [0.1, 0.15) is 11.1 Å². The summed E-state index contributed by atoms with van der Waals surface area (Å²) in [5.74, 6) is 0.609. The lowest BCUT2D eigenvalue weighted by molar-refractivity contribution is 0.430. The zero-order chi connectivity index (χ0) is 9.54. The van der Waals surface area contributed by atoms with Gasteiger partial charge in [-0.05, 0) is 36.6 Å². The molecular formula is C11H8FNO. The predicted molar refractivity (Wildman–Crippen MR) is 49.3 cm³/mol. The minimum atomic E-state index is -0.188. The molecule has 2 nitrogen and oxygen atoms in total. The number of hydrogen-bond donors (Lipinski definition) is 0. The third kappa shape index (κ3) is 0.985. The maximum Gasteiger partial charge on any atom is 0.170 e. The van der Waals surface area contributed by atoms with Gasteiger partial charge in [-0.15, -0.1) is 0 Å². The maximum atomic E-state index is 13.0. The summed E-state index contributed by atoms with van der Waals surface area (Å²) >= 11 is 0. The molecule has 3 rings (SSSR count). The first-order valence-electron chi connectivity index (χ1n) is 4.57. The van der Waals surface area contributed by atoms with Gasteiger partial charge in [0.15, 0.2) is 5.76 Å². The number of benzene rings is 1. The molecular weight excluding hydrogens is 181 g/mol. The highest BCUT2D eigenvalue weighted by atomic mass is 19.1. The Morgan fingerprint density at radius 3 is 3.00 bits per heavy atom. The summed E-state index contributed by atoms with van der Waals surface area (Å²) in [5, 5.41) is 3.76. The van der Waals surface area contributed by atoms with E-state index in [4.69, 9.17) is 4.52 Å². The van der Waals surface area contributed by atoms with Crippen LogP contribution in [-0.4, -0.2) is 5.16 Å². The smallest absolute Gasteiger partial charge is 0.170 e. The number of hydrogen-bond acceptors (Lipinski definition) is 2. The third-order valence-corrected chi connectivity index (χ3v) is 2.62. The van der Waals surface area contributed by atoms with Crippen LogP contribution in [-0.2, 0) is 12.8 Å². The molecule has 1 heterocycles. The lowest BCUT2D eigenvalue weighted by Gasteiger charge is -2.13. The molecule has 2 aromatic rings. The van der Waals surface area contributed by atoms with Gasteiger partial charge in [0.05, 0.1) is 6.20 Å². The Morgan fingerprint density at radius 2 is 2.07 bits per heavy atom. The molecule has 70 valence electrons. The van der Waals surface area contributed by atoms with Crippen molar-refractivity contribution in [1.82, 2.24) is 5.16 Å². The van der Waals surface area contributed by atoms with E-state index < -0.39 is 0 Å². The van der Waals surface area contributed by atoms with Crippen LogP contribution in [0.15, 0.2) is 28.9 Å². The fourth-order valence-electron chi connectivity index (χ4n) is 1.92. The SMILES string of the molecule is Fc1ccc2c(c1)CCc1cnoc1-2. The van der Waals surface area contributed by atoms with Gasteiger partial charge in [-0.3, -0.25) is 0 Å². The Morgan fingerprint density at radius 1 is 1.21 bits per heavy atom. The van der Waals surface area contributed by atoms with Crippen molar-refractivity contribution < 1.29 is 8.91 Å². The Bertz CT molecular complexity index is 490. The van der Waals surface area contributed by atoms with Gasteiger partial charge in [0, 0.05) is 11.1 Å². The second kappa shape index (κ2) is 2.67. The van der Waals surface area contributed by atoms with Gasteiger partial charge in [-0.1, -0.05) is 5.16 Å². The summed E-state index contributed by atoms with van der Waals surface area (Å²) in [4.78, 5) is 0. The quantitative estimate of drug-likeness (QED) is 0.636. The highest BCUT2D eigenvalue weighted by Crippen LogP contribution is 2.33. The van der Waals surface area contributed by atoms with Crippen LogP contribution in [0.4, 0.5) is 4.39 Å². The van der Waals surface area contributed by atoms with E-state index in [1.54, 1.807) is 18.3 Å². The number of aryl methyl sites for hydroxylation is 2. The molecule has 3 heteroatoms. The largest absolute Gasteiger partial charge is 0.356 e. The van der Waals surface area contributed by atoms with Crippen molar-refractivity contribution in [1.29, 1.82) is 0 Å². The molecule has 1 aliphatic rings. The summed E-state index contributed by atoms with van der Waals surface area (Å²) in [7, 11) is 0. The molecule has 0 N–H and O–H groups in total. The van der Waals surface area contributed by atoms with Crippen molar-refractivity contribution in [3.05, 3.63) is 41.3 Å². The summed E-state index contributed by atoms with van der Waals surface area (Å²) < 4.78 is 18.1. The Balaban J connectivity index is 2.26. The second-order valence-corrected chi connectivity index (χ2v) is 3.48. The molecule has 0 atom stereocenters. The van der Waals surface area contributed by atoms with E-state index in [1.165, 1.54) is 6.07 Å². The van der Waals surface area contributed by atoms with Crippen LogP contribution >= 0.6 is 0 Å². The number of rotatable bonds is 0. The van der Waals surface area contributed by atoms with Crippen LogP contribution < -0.4 is 0 Å². The lowest BCUT2D eigenvalue weighted by Crippen LogP contribution is -2.01. The van der Waals surface area contributed by atoms with Crippen LogP contribution in [0, 0.1) is 5.82 Å². The van der Waals surface area contributed by atoms with E-state index >= 15 is 0 Å². The van der Waals surface area contributed by atoms with Gasteiger partial charge in [0.25, 0.3) is 0 Å². The van der Waals surface area contributed by atoms with Crippen LogP contribution in [0.5, 0.6) is 0 Å². The van der Waals surface area contributed by atoms with E-state index in [1.807, 2.05) is 0 Å². The van der Waals surface area contributed by atoms with E-state index in [0.29, 0.717) is 0 Å². The first kappa shape index (κ1) is 7.74. The molecule has 1 aromatic heterocycles. The zero-order valence-corrected chi connectivity index (χ0v) is 7.46. The van der Waals surface area contributed by atoms with E-state index in [9.17, 15) is 4.39 Å². The van der Waals surface area contributed by atoms with Crippen molar-refractivity contribution in [2.24, 2.45) is 0 Å². The number of nitrogens with zero attached hydrogens (tertiary/aromatic N) is 1. The molecule has 0 saturated carbocycles. The molecule has 1 aliphatic carbocycles. The lowest BCUT2D eigenvalue weighted by atomic mass is 9.91. The average Bonchev–Trinajstić information content (AvgIpc) is 2.65. The molecule has 0 radical (unpaired) electrons. The van der Waals surface area contributed by atoms with Gasteiger partial charge < -0.3 is 4.52 Å². The van der Waals surface area contributed by atoms with E-state index in [0.717, 1.165) is 35.3 Å². The van der Waals surface area contributed by atoms with Gasteiger partial charge in [-0.2, -0.15) is 0 Å². The molecule has 0 aliphatic heterocycles. The second-order valence-electron chi connectivity index (χ2n) is 3.48. The third-order valence-electron chi connectivity index (χ3n) is 2.62. The standard InChI is InChI=1S/C11H8FNO/c12-9-3-4-10-7(5-9)1-2-8-6-13-14-11(8)10/h3-6H,1-2H2. The Labute approximate surface area is 80.3 Å². The first-order chi connectivity index (χ1) is 6.84. The van der Waals surface area contributed by atoms with Crippen molar-refractivity contribution in [3.63, 3.8) is 0 Å². The van der Waals surface area contributed by atoms with Gasteiger partial charge >= 0.3 is 0 Å². The van der Waals surface area contributed by atoms with Gasteiger partial charge in [0.1, 0.15) is 5.82 Å². The van der Waals surface area contributed by atoms with Crippen molar-refractivity contribution in [2.75, 3.05) is 0 Å². The fourth-order valence-corrected chi connectivity index (χ4v) is 1.92. The molecule has 0 amide bonds. The maximum absolute atomic E-state index is 13.0. The van der Waals surface area contributed by atoms with Crippen molar-refractivity contribution >= 4 is 0 Å². The zero-order valence-electron chi connectivity index (χ0n) is 7.46. The minimum Gasteiger partial charge on any atom is -0.356 e. The average molecular weight is 189 g/mol. The first-order valence-corrected chi connectivity index (χ1v) is 4.57. The molecule has 1 aromatic carbocycles. The number of aromatic nitrogens is 1. The summed E-state index contributed by atoms with van der Waals surface area (Å²) in [6.45, 7) is 0. The monoisotopic (exact) mass is 189 g/mol. The van der Waals surface area contributed by atoms with Crippen molar-refractivity contribution in [3.8, 4) is 11.3 Å². The number of halogens is 1. The molecule has 0 fully saturated rings. The van der Waals surface area contributed by atoms with E-state index in [-0.39, 0.29) is 5.82 Å². The molecule has 0 spiro atoms. The fraction of sp³-hybridized carbons (Fsp3) is 0.182. The highest BCUT2D eigenvalue weighted by Gasteiger charge is 2.19. The van der Waals surface area contributed by atoms with Gasteiger partial charge in [-0.25, -0.2) is 4.39 Å². The minimum absolute atomic E-state index is 0.188. The predicted octanol–water partition coefficient (Wildman–Crippen LogP) is 2.58. The Hall–Kier alpha value is -1.64. The summed E-state index contributed by atoms with van der Waals surface area (Å²) in [6.07, 6.45) is 3.48. The van der Waals surface area contributed by atoms with Crippen molar-refractivity contribution in [2.45, 2.75) is 12.8 Å². The van der Waals surface area contributed by atoms with Gasteiger partial charge in [0.2, 0.25) is 0 Å². The molecule has 0 saturated heterocycles. The molecule has 14 heavy (non-hydrogen) atoms. The summed E-state index contributed by atoms with van der Waals surface area (Å²) in [6, 6.07) is 4.78. The highest BCUT2D eigenvalue weighted by molar-refractivity contribution is 5.67. The molecule has 0 bridgehead atoms. The summed E-state index contributed by atoms with van der Waals surface area (Å²) in [5.41, 5.74) is 3.10. The topological polar surface area (TPSA) is 26.0 Å². The number of fused-ring (bicyclic) bond motifs is 3. The van der Waals surface area contributed by atoms with E-state index in [2.05, 4.69) is 5.16 Å². The van der Waals surface area contributed by atoms with Crippen LogP contribution in [0.3, 0.4) is 0 Å². The van der Waals surface area contributed by atoms with Crippen LogP contribution in [0.25, 0.3) is 11.3 Å². The molecule has 0 unspecified atom stereocenters. The normalized spacial score (nSPS) is 13.5. The van der Waals surface area contributed by atoms with Crippen LogP contribution in [0.2, 0.25) is 0 Å². The Kier molecular flexibility index (Phi) is 1.48.